The number of fused-ring (bicyclic) bond motifs is 1. The lowest BCUT2D eigenvalue weighted by atomic mass is 10.1. The van der Waals surface area contributed by atoms with Crippen LogP contribution >= 0.6 is 0 Å². The lowest BCUT2D eigenvalue weighted by Crippen LogP contribution is -2.00. The molecule has 0 spiro atoms. The van der Waals surface area contributed by atoms with Gasteiger partial charge in [-0.15, -0.1) is 0 Å². The van der Waals surface area contributed by atoms with Crippen LogP contribution in [0.1, 0.15) is 35.4 Å². The highest BCUT2D eigenvalue weighted by molar-refractivity contribution is 5.63. The van der Waals surface area contributed by atoms with E-state index in [1.165, 1.54) is 0 Å². The Hall–Kier alpha value is -3.86. The summed E-state index contributed by atoms with van der Waals surface area (Å²) < 4.78 is 7.57. The molecule has 5 nitrogen and oxygen atoms in total. The molecule has 0 atom stereocenters. The quantitative estimate of drug-likeness (QED) is 0.406. The molecule has 0 aliphatic rings. The summed E-state index contributed by atoms with van der Waals surface area (Å²) in [4.78, 5) is 9.69. The fraction of sp³-hybridized carbons (Fsp3) is 0.154. The predicted octanol–water partition coefficient (Wildman–Crippen LogP) is 5.44. The van der Waals surface area contributed by atoms with Gasteiger partial charge < -0.3 is 9.52 Å². The molecule has 0 radical (unpaired) electrons. The van der Waals surface area contributed by atoms with Gasteiger partial charge in [0, 0.05) is 24.6 Å². The van der Waals surface area contributed by atoms with Crippen LogP contribution in [-0.2, 0) is 19.3 Å². The van der Waals surface area contributed by atoms with Crippen LogP contribution in [-0.4, -0.2) is 19.5 Å². The van der Waals surface area contributed by atoms with E-state index in [2.05, 4.69) is 19.1 Å². The van der Waals surface area contributed by atoms with Crippen LogP contribution in [0.5, 0.6) is 5.88 Å². The molecule has 0 aliphatic carbocycles. The van der Waals surface area contributed by atoms with Crippen molar-refractivity contribution < 1.29 is 9.52 Å². The zero-order valence-electron chi connectivity index (χ0n) is 17.3. The summed E-state index contributed by atoms with van der Waals surface area (Å²) in [6, 6.07) is 24.1. The van der Waals surface area contributed by atoms with Crippen LogP contribution in [0.2, 0.25) is 0 Å². The molecule has 2 aromatic carbocycles. The zero-order valence-corrected chi connectivity index (χ0v) is 17.3. The summed E-state index contributed by atoms with van der Waals surface area (Å²) in [5.41, 5.74) is 5.00. The van der Waals surface area contributed by atoms with Gasteiger partial charge in [0.25, 0.3) is 0 Å². The Kier molecular flexibility index (Phi) is 5.00. The summed E-state index contributed by atoms with van der Waals surface area (Å²) in [6.45, 7) is 2.05. The Morgan fingerprint density at radius 3 is 2.23 bits per heavy atom. The summed E-state index contributed by atoms with van der Waals surface area (Å²) >= 11 is 0. The van der Waals surface area contributed by atoms with Crippen LogP contribution < -0.4 is 0 Å². The first-order chi connectivity index (χ1) is 15.2. The highest BCUT2D eigenvalue weighted by atomic mass is 16.3. The molecule has 3 aromatic heterocycles. The molecule has 154 valence electrons. The number of imidazole rings is 1. The predicted molar refractivity (Wildman–Crippen MR) is 120 cm³/mol. The van der Waals surface area contributed by atoms with Crippen molar-refractivity contribution in [2.24, 2.45) is 0 Å². The number of nitrogens with zero attached hydrogens (tertiary/aromatic N) is 3. The normalized spacial score (nSPS) is 11.3. The Morgan fingerprint density at radius 2 is 1.52 bits per heavy atom. The second-order valence-corrected chi connectivity index (χ2v) is 7.58. The maximum absolute atomic E-state index is 11.0. The summed E-state index contributed by atoms with van der Waals surface area (Å²) in [6.07, 6.45) is 3.74. The van der Waals surface area contributed by atoms with Gasteiger partial charge >= 0.3 is 0 Å². The molecule has 5 rings (SSSR count). The molecule has 1 N–H and O–H groups in total. The minimum Gasteiger partial charge on any atom is -0.493 e. The van der Waals surface area contributed by atoms with Gasteiger partial charge in [-0.25, -0.2) is 9.97 Å². The van der Waals surface area contributed by atoms with Crippen LogP contribution in [0.3, 0.4) is 0 Å². The standard InChI is InChI=1S/C26H23N3O2/c1-2-20-13-14-21(31-20)16-23-26(30)29-17-24(19-11-7-4-8-12-19)27-22(25(29)28-23)15-18-9-5-3-6-10-18/h3-14,17,30H,2,15-16H2,1H3. The van der Waals surface area contributed by atoms with Gasteiger partial charge in [-0.1, -0.05) is 67.6 Å². The van der Waals surface area contributed by atoms with Crippen molar-refractivity contribution in [3.8, 4) is 17.1 Å². The zero-order chi connectivity index (χ0) is 21.2. The number of aryl methyl sites for hydroxylation is 1. The number of hydrogen-bond acceptors (Lipinski definition) is 4. The molecule has 5 heteroatoms. The number of rotatable bonds is 6. The van der Waals surface area contributed by atoms with Crippen molar-refractivity contribution in [3.63, 3.8) is 0 Å². The Balaban J connectivity index is 1.63. The summed E-state index contributed by atoms with van der Waals surface area (Å²) in [5, 5.41) is 11.0. The third-order valence-electron chi connectivity index (χ3n) is 5.41. The van der Waals surface area contributed by atoms with E-state index in [1.807, 2.05) is 66.9 Å². The largest absolute Gasteiger partial charge is 0.493 e. The van der Waals surface area contributed by atoms with E-state index in [0.717, 1.165) is 40.5 Å². The molecular formula is C26H23N3O2. The topological polar surface area (TPSA) is 63.6 Å². The minimum atomic E-state index is 0.123. The summed E-state index contributed by atoms with van der Waals surface area (Å²) in [5.74, 6) is 1.84. The second kappa shape index (κ2) is 8.11. The lowest BCUT2D eigenvalue weighted by molar-refractivity contribution is 0.435. The molecule has 5 aromatic rings. The fourth-order valence-electron chi connectivity index (χ4n) is 3.79. The van der Waals surface area contributed by atoms with E-state index in [1.54, 1.807) is 4.40 Å². The second-order valence-electron chi connectivity index (χ2n) is 7.58. The van der Waals surface area contributed by atoms with E-state index in [-0.39, 0.29) is 5.88 Å². The lowest BCUT2D eigenvalue weighted by Gasteiger charge is -2.08. The van der Waals surface area contributed by atoms with Crippen molar-refractivity contribution in [1.82, 2.24) is 14.4 Å². The SMILES string of the molecule is CCc1ccc(Cc2nc3c(Cc4ccccc4)nc(-c4ccccc4)cn3c2O)o1. The van der Waals surface area contributed by atoms with Crippen LogP contribution in [0.25, 0.3) is 16.9 Å². The summed E-state index contributed by atoms with van der Waals surface area (Å²) in [7, 11) is 0. The number of benzene rings is 2. The average molecular weight is 409 g/mol. The monoisotopic (exact) mass is 409 g/mol. The average Bonchev–Trinajstić information content (AvgIpc) is 3.40. The van der Waals surface area contributed by atoms with E-state index < -0.39 is 0 Å². The van der Waals surface area contributed by atoms with Gasteiger partial charge in [0.15, 0.2) is 5.65 Å². The fourth-order valence-corrected chi connectivity index (χ4v) is 3.79. The number of aromatic hydroxyl groups is 1. The van der Waals surface area contributed by atoms with Gasteiger partial charge in [0.2, 0.25) is 5.88 Å². The van der Waals surface area contributed by atoms with Crippen molar-refractivity contribution >= 4 is 5.65 Å². The van der Waals surface area contributed by atoms with Crippen molar-refractivity contribution in [2.75, 3.05) is 0 Å². The number of furan rings is 1. The van der Waals surface area contributed by atoms with Crippen molar-refractivity contribution in [2.45, 2.75) is 26.2 Å². The van der Waals surface area contributed by atoms with E-state index in [0.29, 0.717) is 24.2 Å². The van der Waals surface area contributed by atoms with E-state index in [4.69, 9.17) is 14.4 Å². The van der Waals surface area contributed by atoms with Crippen LogP contribution in [0.4, 0.5) is 0 Å². The van der Waals surface area contributed by atoms with Crippen molar-refractivity contribution in [3.05, 3.63) is 107 Å². The molecule has 31 heavy (non-hydrogen) atoms. The van der Waals surface area contributed by atoms with E-state index in [9.17, 15) is 5.11 Å². The molecular weight excluding hydrogens is 386 g/mol. The van der Waals surface area contributed by atoms with E-state index >= 15 is 0 Å². The maximum atomic E-state index is 11.0. The van der Waals surface area contributed by atoms with Gasteiger partial charge in [-0.05, 0) is 17.7 Å². The molecule has 0 fully saturated rings. The molecule has 0 aliphatic heterocycles. The molecule has 0 saturated carbocycles. The third kappa shape index (κ3) is 3.82. The first kappa shape index (κ1) is 19.1. The first-order valence-electron chi connectivity index (χ1n) is 10.5. The molecule has 0 unspecified atom stereocenters. The molecule has 0 saturated heterocycles. The highest BCUT2D eigenvalue weighted by Gasteiger charge is 2.19. The Bertz CT molecular complexity index is 1320. The highest BCUT2D eigenvalue weighted by Crippen LogP contribution is 2.28. The van der Waals surface area contributed by atoms with Gasteiger partial charge in [0.1, 0.15) is 17.2 Å². The van der Waals surface area contributed by atoms with Gasteiger partial charge in [-0.3, -0.25) is 4.40 Å². The van der Waals surface area contributed by atoms with Gasteiger partial charge in [0.05, 0.1) is 17.8 Å². The maximum Gasteiger partial charge on any atom is 0.219 e. The molecule has 0 bridgehead atoms. The van der Waals surface area contributed by atoms with Crippen molar-refractivity contribution in [1.29, 1.82) is 0 Å². The third-order valence-corrected chi connectivity index (χ3v) is 5.41. The smallest absolute Gasteiger partial charge is 0.219 e. The number of hydrogen-bond donors (Lipinski definition) is 1. The van der Waals surface area contributed by atoms with Crippen LogP contribution in [0, 0.1) is 0 Å². The minimum absolute atomic E-state index is 0.123. The Labute approximate surface area is 180 Å². The van der Waals surface area contributed by atoms with Gasteiger partial charge in [-0.2, -0.15) is 0 Å². The Morgan fingerprint density at radius 1 is 0.806 bits per heavy atom. The molecule has 0 amide bonds. The molecule has 3 heterocycles. The van der Waals surface area contributed by atoms with Crippen LogP contribution in [0.15, 0.2) is 83.4 Å². The first-order valence-corrected chi connectivity index (χ1v) is 10.5. The number of aromatic nitrogens is 3.